The van der Waals surface area contributed by atoms with Gasteiger partial charge in [0.2, 0.25) is 0 Å². The van der Waals surface area contributed by atoms with Gasteiger partial charge in [0.15, 0.2) is 0 Å². The molecule has 0 radical (unpaired) electrons. The summed E-state index contributed by atoms with van der Waals surface area (Å²) in [7, 11) is 0. The lowest BCUT2D eigenvalue weighted by molar-refractivity contribution is 0.590. The maximum atomic E-state index is 11.5. The third-order valence-corrected chi connectivity index (χ3v) is 22.6. The number of anilines is 5. The second-order valence-corrected chi connectivity index (χ2v) is 32.9. The number of rotatable bonds is 7. The van der Waals surface area contributed by atoms with Crippen LogP contribution in [0.5, 0.6) is 0 Å². The minimum Gasteiger partial charge on any atom is -0.356 e. The first kappa shape index (κ1) is 57.6. The number of para-hydroxylation sites is 1. The molecule has 5 heteroatoms. The summed E-state index contributed by atoms with van der Waals surface area (Å²) in [5, 5.41) is 14.4. The van der Waals surface area contributed by atoms with Crippen molar-refractivity contribution in [2.75, 3.05) is 10.2 Å². The first-order chi connectivity index (χ1) is 48.9. The van der Waals surface area contributed by atoms with E-state index >= 15 is 0 Å². The number of nitrogens with one attached hydrogen (secondary N) is 1. The Kier molecular flexibility index (Phi) is 12.8. The third kappa shape index (κ3) is 9.58. The molecule has 0 saturated carbocycles. The lowest BCUT2D eigenvalue weighted by atomic mass is 9.36. The second kappa shape index (κ2) is 22.0. The molecule has 480 valence electrons. The predicted molar refractivity (Wildman–Crippen MR) is 431 cm³/mol. The van der Waals surface area contributed by atoms with E-state index in [0.29, 0.717) is 16.8 Å². The van der Waals surface area contributed by atoms with Crippen LogP contribution in [0, 0.1) is 0 Å². The van der Waals surface area contributed by atoms with E-state index in [4.69, 9.17) is 0 Å². The molecular weight excluding hydrogens is 1210 g/mol. The van der Waals surface area contributed by atoms with Crippen molar-refractivity contribution in [1.82, 2.24) is 4.57 Å². The van der Waals surface area contributed by atoms with E-state index in [-0.39, 0.29) is 34.4 Å². The van der Waals surface area contributed by atoms with Crippen molar-refractivity contribution in [2.24, 2.45) is 0 Å². The Hall–Kier alpha value is -10.5. The zero-order chi connectivity index (χ0) is 70.4. The van der Waals surface area contributed by atoms with Crippen LogP contribution < -0.4 is 25.9 Å². The third-order valence-electron chi connectivity index (χ3n) is 21.4. The van der Waals surface area contributed by atoms with Gasteiger partial charge >= 0.3 is 0 Å². The van der Waals surface area contributed by atoms with Gasteiger partial charge in [-0.1, -0.05) is 283 Å². The summed E-state index contributed by atoms with van der Waals surface area (Å²) >= 11 is 1.81. The van der Waals surface area contributed by atoms with E-state index < -0.39 is 12.1 Å². The van der Waals surface area contributed by atoms with E-state index in [0.717, 1.165) is 142 Å². The first-order valence-electron chi connectivity index (χ1n) is 36.6. The maximum absolute atomic E-state index is 11.5. The van der Waals surface area contributed by atoms with Crippen molar-refractivity contribution in [3.05, 3.63) is 283 Å². The largest absolute Gasteiger partial charge is 0.356 e. The molecule has 4 heterocycles. The minimum atomic E-state index is -0.630. The van der Waals surface area contributed by atoms with Crippen molar-refractivity contribution >= 4 is 126 Å². The van der Waals surface area contributed by atoms with Crippen molar-refractivity contribution in [3.8, 4) is 61.3 Å². The monoisotopic (exact) mass is 1300 g/mol. The lowest BCUT2D eigenvalue weighted by Gasteiger charge is -2.43. The van der Waals surface area contributed by atoms with E-state index in [1.807, 2.05) is 11.3 Å². The van der Waals surface area contributed by atoms with Crippen LogP contribution in [0.2, 0.25) is 0 Å². The highest BCUT2D eigenvalue weighted by molar-refractivity contribution is 7.33. The minimum absolute atomic E-state index is 0.0107. The molecule has 3 nitrogen and oxygen atoms in total. The van der Waals surface area contributed by atoms with E-state index in [9.17, 15) is 4.11 Å². The molecule has 99 heavy (non-hydrogen) atoms. The molecule has 0 unspecified atom stereocenters. The van der Waals surface area contributed by atoms with Crippen LogP contribution in [-0.4, -0.2) is 11.3 Å². The molecule has 16 aromatic rings. The predicted octanol–water partition coefficient (Wildman–Crippen LogP) is 24.8. The van der Waals surface area contributed by atoms with E-state index in [2.05, 4.69) is 341 Å². The number of benzene rings is 14. The summed E-state index contributed by atoms with van der Waals surface area (Å²) in [4.78, 5) is 2.64. The number of thiophene rings is 1. The van der Waals surface area contributed by atoms with Crippen molar-refractivity contribution in [2.45, 2.75) is 105 Å². The van der Waals surface area contributed by atoms with Gasteiger partial charge in [-0.15, -0.1) is 11.3 Å². The number of hydrogen-bond acceptors (Lipinski definition) is 3. The smallest absolute Gasteiger partial charge is 0.264 e. The highest BCUT2D eigenvalue weighted by Crippen LogP contribution is 2.58. The fourth-order valence-electron chi connectivity index (χ4n) is 16.4. The standard InChI is InChI=1S/C94H80BN3S/c1-91(2,3)63-43-46-68-80(53-63)99-90-89(68)98(88-72(58-32-21-15-22-33-58)51-65(93(7,8)9)52-73(88)59-34-23-16-24-35-59)79-55-75(94(10,11)12)84(83-70(56-28-17-13-18-29-56)49-64(92(4,5)6)50-71(83)57-30-19-14-20-31-57)86-85(79)95(90)76-47-44-66(54-77(76)96-86)97-78-39-26-25-38-67(78)74-48-62-41-40-60-36-27-37-61-42-45-69(87(74)97)82(62)81(60)61/h13-55,96H,1-12H3/i44D,47D,54D. The van der Waals surface area contributed by atoms with Gasteiger partial charge in [-0.25, -0.2) is 0 Å². The van der Waals surface area contributed by atoms with Gasteiger partial charge in [0.05, 0.1) is 26.5 Å². The summed E-state index contributed by atoms with van der Waals surface area (Å²) in [5.41, 5.74) is 23.0. The molecule has 0 atom stereocenters. The number of aromatic nitrogens is 1. The molecule has 2 aliphatic rings. The molecule has 0 spiro atoms. The Morgan fingerprint density at radius 3 is 1.52 bits per heavy atom. The molecule has 0 bridgehead atoms. The van der Waals surface area contributed by atoms with Gasteiger partial charge in [0.1, 0.15) is 0 Å². The van der Waals surface area contributed by atoms with Crippen LogP contribution in [0.1, 0.15) is 109 Å². The molecule has 0 amide bonds. The molecule has 18 rings (SSSR count). The average molecular weight is 1300 g/mol. The number of hydrogen-bond donors (Lipinski definition) is 1. The Morgan fingerprint density at radius 2 is 0.939 bits per heavy atom. The SMILES string of the molecule is [2H]c1c([2H])c(-n2c3ccccc3c3cc4ccc5cccc6ccc(c4c56)c32)c([2H])c2c1B1c3sc4cc(C(C)(C)C)ccc4c3N(c3c(-c4ccccc4)cc(C(C)(C)C)cc3-c3ccccc3)c3cc(C(C)(C)C)c(-c4c(-c5ccccc5)cc(C(C)(C)C)cc4-c4ccccc4)c(c31)N2. The molecule has 0 fully saturated rings. The van der Waals surface area contributed by atoms with Gasteiger partial charge in [-0.3, -0.25) is 0 Å². The van der Waals surface area contributed by atoms with Crippen molar-refractivity contribution in [1.29, 1.82) is 0 Å². The molecule has 2 aliphatic heterocycles. The Labute approximate surface area is 590 Å². The van der Waals surface area contributed by atoms with Crippen LogP contribution in [0.3, 0.4) is 0 Å². The fourth-order valence-corrected chi connectivity index (χ4v) is 17.7. The Morgan fingerprint density at radius 1 is 0.414 bits per heavy atom. The van der Waals surface area contributed by atoms with E-state index in [1.54, 1.807) is 0 Å². The Balaban J connectivity index is 1.05. The van der Waals surface area contributed by atoms with Gasteiger partial charge in [0.25, 0.3) is 6.71 Å². The van der Waals surface area contributed by atoms with Crippen LogP contribution in [0.4, 0.5) is 28.4 Å². The van der Waals surface area contributed by atoms with Crippen molar-refractivity contribution in [3.63, 3.8) is 0 Å². The zero-order valence-corrected chi connectivity index (χ0v) is 59.3. The highest BCUT2D eigenvalue weighted by atomic mass is 32.1. The van der Waals surface area contributed by atoms with Gasteiger partial charge in [-0.2, -0.15) is 0 Å². The zero-order valence-electron chi connectivity index (χ0n) is 61.5. The van der Waals surface area contributed by atoms with Gasteiger partial charge in [-0.05, 0) is 181 Å². The fraction of sp³-hybridized carbons (Fsp3) is 0.170. The Bertz CT molecular complexity index is 6030. The molecule has 1 N–H and O–H groups in total. The second-order valence-electron chi connectivity index (χ2n) is 31.9. The van der Waals surface area contributed by atoms with Crippen molar-refractivity contribution < 1.29 is 4.11 Å². The lowest BCUT2D eigenvalue weighted by Crippen LogP contribution is -2.59. The summed E-state index contributed by atoms with van der Waals surface area (Å²) in [6.07, 6.45) is 0. The molecule has 2 aromatic heterocycles. The number of fused-ring (bicyclic) bond motifs is 10. The maximum Gasteiger partial charge on any atom is 0.264 e. The van der Waals surface area contributed by atoms with Crippen LogP contribution in [-0.2, 0) is 21.7 Å². The van der Waals surface area contributed by atoms with Crippen LogP contribution in [0.25, 0.3) is 126 Å². The molecule has 0 saturated heterocycles. The van der Waals surface area contributed by atoms with Gasteiger partial charge in [0, 0.05) is 70.5 Å². The van der Waals surface area contributed by atoms with E-state index in [1.165, 1.54) is 32.8 Å². The summed E-state index contributed by atoms with van der Waals surface area (Å²) in [6.45, 7) is 27.3. The molecule has 0 aliphatic carbocycles. The quantitative estimate of drug-likeness (QED) is 0.127. The van der Waals surface area contributed by atoms with Crippen LogP contribution >= 0.6 is 11.3 Å². The molecule has 14 aromatic carbocycles. The normalized spacial score (nSPS) is 13.7. The average Bonchev–Trinajstić information content (AvgIpc) is 1.23. The first-order valence-corrected chi connectivity index (χ1v) is 35.9. The van der Waals surface area contributed by atoms with Gasteiger partial charge < -0.3 is 14.8 Å². The summed E-state index contributed by atoms with van der Waals surface area (Å²) < 4.78 is 38.0. The molecular formula is C94H80BN3S. The summed E-state index contributed by atoms with van der Waals surface area (Å²) in [5.74, 6) is 0. The highest BCUT2D eigenvalue weighted by Gasteiger charge is 2.47. The topological polar surface area (TPSA) is 20.2 Å². The summed E-state index contributed by atoms with van der Waals surface area (Å²) in [6, 6.07) is 89.9. The number of nitrogens with zero attached hydrogens (tertiary/aromatic N) is 2. The van der Waals surface area contributed by atoms with Crippen LogP contribution in [0.15, 0.2) is 261 Å².